The number of hydrogen-bond donors (Lipinski definition) is 4. The van der Waals surface area contributed by atoms with E-state index in [2.05, 4.69) is 20.3 Å². The number of imidazole rings is 1. The van der Waals surface area contributed by atoms with E-state index in [4.69, 9.17) is 24.3 Å². The summed E-state index contributed by atoms with van der Waals surface area (Å²) >= 11 is 0. The van der Waals surface area contributed by atoms with Crippen LogP contribution in [0.1, 0.15) is 16.6 Å². The minimum absolute atomic E-state index is 0. The molecule has 0 bridgehead atoms. The van der Waals surface area contributed by atoms with Crippen LogP contribution in [0.2, 0.25) is 0 Å². The zero-order valence-electron chi connectivity index (χ0n) is 18.1. The number of esters is 1. The van der Waals surface area contributed by atoms with Gasteiger partial charge in [0, 0.05) is 42.3 Å². The molecule has 0 aliphatic carbocycles. The van der Waals surface area contributed by atoms with Gasteiger partial charge in [0.25, 0.3) is 5.56 Å². The van der Waals surface area contributed by atoms with E-state index in [0.717, 1.165) is 0 Å². The quantitative estimate of drug-likeness (QED) is 0.213. The van der Waals surface area contributed by atoms with E-state index < -0.39 is 43.9 Å². The van der Waals surface area contributed by atoms with Crippen LogP contribution in [0.4, 0.5) is 11.6 Å². The Morgan fingerprint density at radius 2 is 2.18 bits per heavy atom. The third kappa shape index (κ3) is 4.39. The topological polar surface area (TPSA) is 193 Å². The predicted molar refractivity (Wildman–Crippen MR) is 118 cm³/mol. The van der Waals surface area contributed by atoms with Crippen LogP contribution in [0, 0.1) is 0 Å². The number of phosphoric ester groups is 1. The van der Waals surface area contributed by atoms with Gasteiger partial charge in [-0.1, -0.05) is 12.1 Å². The van der Waals surface area contributed by atoms with Gasteiger partial charge < -0.3 is 25.4 Å². The van der Waals surface area contributed by atoms with Gasteiger partial charge in [0.05, 0.1) is 18.5 Å². The summed E-state index contributed by atoms with van der Waals surface area (Å²) in [6, 6.07) is 6.66. The van der Waals surface area contributed by atoms with Crippen molar-refractivity contribution in [1.82, 2.24) is 19.5 Å². The molecular weight excluding hydrogens is 482 g/mol. The van der Waals surface area contributed by atoms with Gasteiger partial charge in [-0.15, -0.1) is 0 Å². The van der Waals surface area contributed by atoms with Gasteiger partial charge in [0.15, 0.2) is 23.5 Å². The van der Waals surface area contributed by atoms with Gasteiger partial charge in [-0.2, -0.15) is 4.98 Å². The molecule has 0 spiro atoms. The number of nitrogens with one attached hydrogen (secondary N) is 2. The number of rotatable bonds is 4. The molecule has 16 heteroatoms. The molecule has 2 saturated heterocycles. The molecule has 0 amide bonds. The zero-order chi connectivity index (χ0) is 23.3. The molecule has 175 valence electrons. The summed E-state index contributed by atoms with van der Waals surface area (Å²) in [6.45, 7) is -0.279. The van der Waals surface area contributed by atoms with Crippen molar-refractivity contribution in [2.45, 2.75) is 24.5 Å². The number of phosphoric acid groups is 1. The Morgan fingerprint density at radius 1 is 1.41 bits per heavy atom. The summed E-state index contributed by atoms with van der Waals surface area (Å²) in [4.78, 5) is 45.6. The van der Waals surface area contributed by atoms with Gasteiger partial charge in [0.2, 0.25) is 5.95 Å². The van der Waals surface area contributed by atoms with Gasteiger partial charge in [-0.25, -0.2) is 14.3 Å². The third-order valence-electron chi connectivity index (χ3n) is 5.33. The van der Waals surface area contributed by atoms with Crippen LogP contribution >= 0.6 is 7.82 Å². The summed E-state index contributed by atoms with van der Waals surface area (Å²) in [6.07, 6.45) is -3.03. The van der Waals surface area contributed by atoms with Gasteiger partial charge in [0.1, 0.15) is 12.2 Å². The van der Waals surface area contributed by atoms with Crippen LogP contribution in [0.15, 0.2) is 35.4 Å². The molecule has 2 aromatic heterocycles. The summed E-state index contributed by atoms with van der Waals surface area (Å²) < 4.78 is 35.2. The van der Waals surface area contributed by atoms with Crippen molar-refractivity contribution in [2.24, 2.45) is 0 Å². The van der Waals surface area contributed by atoms with Crippen LogP contribution in [-0.2, 0) is 23.1 Å². The summed E-state index contributed by atoms with van der Waals surface area (Å²) in [5, 5.41) is 2.90. The van der Waals surface area contributed by atoms with E-state index in [1.165, 1.54) is 10.9 Å². The van der Waals surface area contributed by atoms with E-state index in [-0.39, 0.29) is 58.8 Å². The largest absolute Gasteiger partial charge is 0.472 e. The van der Waals surface area contributed by atoms with E-state index in [9.17, 15) is 19.0 Å². The number of fused-ring (bicyclic) bond motifs is 2. The van der Waals surface area contributed by atoms with Crippen LogP contribution in [0.25, 0.3) is 11.2 Å². The van der Waals surface area contributed by atoms with Crippen molar-refractivity contribution in [1.29, 1.82) is 0 Å². The Labute approximate surface area is 213 Å². The van der Waals surface area contributed by atoms with E-state index in [1.807, 2.05) is 0 Å². The number of anilines is 2. The maximum atomic E-state index is 13.1. The Balaban J connectivity index is 0.00000274. The molecule has 4 heterocycles. The molecule has 1 radical (unpaired) electrons. The molecule has 5 atom stereocenters. The van der Waals surface area contributed by atoms with Crippen molar-refractivity contribution >= 4 is 66.1 Å². The monoisotopic (exact) mass is 501 g/mol. The summed E-state index contributed by atoms with van der Waals surface area (Å²) in [5.41, 5.74) is 5.91. The number of benzene rings is 1. The number of nitrogen functional groups attached to an aromatic ring is 1. The molecule has 5 N–H and O–H groups in total. The number of carbonyl (C=O) groups excluding carboxylic acids is 1. The molecular formula is C18H19N6NaO8P. The van der Waals surface area contributed by atoms with E-state index in [1.54, 1.807) is 31.3 Å². The minimum Gasteiger partial charge on any atom is -0.451 e. The first-order valence-electron chi connectivity index (χ1n) is 9.78. The second-order valence-electron chi connectivity index (χ2n) is 7.34. The first-order valence-corrected chi connectivity index (χ1v) is 11.3. The Bertz CT molecular complexity index is 1350. The van der Waals surface area contributed by atoms with Crippen LogP contribution in [-0.4, -0.2) is 91.9 Å². The number of para-hydroxylation sites is 1. The summed E-state index contributed by atoms with van der Waals surface area (Å²) in [5.74, 6) is -0.877. The van der Waals surface area contributed by atoms with Crippen molar-refractivity contribution in [2.75, 3.05) is 24.7 Å². The smallest absolute Gasteiger partial charge is 0.451 e. The molecule has 5 rings (SSSR count). The molecule has 2 aliphatic rings. The van der Waals surface area contributed by atoms with E-state index >= 15 is 0 Å². The molecule has 2 aliphatic heterocycles. The number of carbonyl (C=O) groups is 1. The van der Waals surface area contributed by atoms with Crippen molar-refractivity contribution in [3.8, 4) is 0 Å². The van der Waals surface area contributed by atoms with Gasteiger partial charge in [-0.05, 0) is 12.1 Å². The van der Waals surface area contributed by atoms with Crippen molar-refractivity contribution in [3.63, 3.8) is 0 Å². The number of aromatic nitrogens is 4. The second kappa shape index (κ2) is 9.40. The Morgan fingerprint density at radius 3 is 2.94 bits per heavy atom. The average molecular weight is 501 g/mol. The third-order valence-corrected chi connectivity index (χ3v) is 6.31. The fraction of sp³-hybridized carbons (Fsp3) is 0.333. The Hall–Kier alpha value is -2.29. The first kappa shape index (κ1) is 24.8. The fourth-order valence-electron chi connectivity index (χ4n) is 3.87. The maximum Gasteiger partial charge on any atom is 0.472 e. The van der Waals surface area contributed by atoms with Crippen molar-refractivity contribution < 1.29 is 32.8 Å². The Kier molecular flexibility index (Phi) is 6.86. The number of nitrogens with zero attached hydrogens (tertiary/aromatic N) is 3. The first-order chi connectivity index (χ1) is 15.8. The number of H-pyrrole nitrogens is 1. The van der Waals surface area contributed by atoms with Crippen LogP contribution in [0.3, 0.4) is 0 Å². The molecule has 14 nitrogen and oxygen atoms in total. The predicted octanol–water partition coefficient (Wildman–Crippen LogP) is 0.00150. The molecule has 0 saturated carbocycles. The molecule has 2 fully saturated rings. The summed E-state index contributed by atoms with van der Waals surface area (Å²) in [7, 11) is -2.74. The van der Waals surface area contributed by atoms with E-state index in [0.29, 0.717) is 5.69 Å². The molecule has 34 heavy (non-hydrogen) atoms. The molecule has 1 aromatic carbocycles. The standard InChI is InChI=1S/C18H19N6O8P.Na/c1-20-9-5-3-2-4-8(9)17(26)31-13-12-10(6-29-33(27,28)32-12)30-16(13)24-7-21-11-14(24)22-18(19)23-15(11)25;/h2-5,7,10,12-13,16,20H,6H2,1H3,(H,27,28)(H3,19,22,23,25);/t10-,12-,13-,16-;/m1./s1. The molecule has 1 unspecified atom stereocenters. The van der Waals surface area contributed by atoms with Gasteiger partial charge >= 0.3 is 13.8 Å². The number of aromatic amines is 1. The van der Waals surface area contributed by atoms with Gasteiger partial charge in [-0.3, -0.25) is 23.4 Å². The second-order valence-corrected chi connectivity index (χ2v) is 8.75. The zero-order valence-corrected chi connectivity index (χ0v) is 21.0. The van der Waals surface area contributed by atoms with Crippen LogP contribution in [0.5, 0.6) is 0 Å². The minimum atomic E-state index is -4.39. The maximum absolute atomic E-state index is 13.1. The SMILES string of the molecule is CNc1ccccc1C(=O)O[C@@H]1[C@@H]2OP(=O)(O)OC[C@H]2O[C@H]1n1cnc2c(=O)[nH]c(N)nc21.[Na]. The number of nitrogens with two attached hydrogens (primary N) is 1. The van der Waals surface area contributed by atoms with Crippen LogP contribution < -0.4 is 16.6 Å². The van der Waals surface area contributed by atoms with Crippen molar-refractivity contribution in [3.05, 3.63) is 46.5 Å². The fourth-order valence-corrected chi connectivity index (χ4v) is 4.83. The normalized spacial score (nSPS) is 28.2. The number of ether oxygens (including phenoxy) is 2. The molecule has 3 aromatic rings. The average Bonchev–Trinajstić information content (AvgIpc) is 3.34. The number of hydrogen-bond acceptors (Lipinski definition) is 11.